The first-order valence-corrected chi connectivity index (χ1v) is 9.26. The summed E-state index contributed by atoms with van der Waals surface area (Å²) in [5.41, 5.74) is 1.49. The van der Waals surface area contributed by atoms with Gasteiger partial charge in [-0.05, 0) is 17.7 Å². The van der Waals surface area contributed by atoms with E-state index in [-0.39, 0.29) is 17.5 Å². The SMILES string of the molecule is CN(C)c1nc2ncnc(SCC(=O)NCc3ccc(F)cc3)c2s1. The van der Waals surface area contributed by atoms with E-state index in [0.717, 1.165) is 20.4 Å². The van der Waals surface area contributed by atoms with Crippen LogP contribution in [-0.2, 0) is 11.3 Å². The van der Waals surface area contributed by atoms with Crippen LogP contribution in [0, 0.1) is 5.82 Å². The Morgan fingerprint density at radius 2 is 2.04 bits per heavy atom. The van der Waals surface area contributed by atoms with Crippen molar-refractivity contribution in [3.8, 4) is 0 Å². The van der Waals surface area contributed by atoms with Crippen molar-refractivity contribution in [2.75, 3.05) is 24.7 Å². The van der Waals surface area contributed by atoms with Crippen LogP contribution in [0.2, 0.25) is 0 Å². The molecule has 0 aliphatic rings. The Hall–Kier alpha value is -2.26. The number of hydrogen-bond acceptors (Lipinski definition) is 7. The Bertz CT molecular complexity index is 882. The van der Waals surface area contributed by atoms with E-state index in [1.54, 1.807) is 12.1 Å². The van der Waals surface area contributed by atoms with Gasteiger partial charge in [-0.25, -0.2) is 14.4 Å². The zero-order valence-electron chi connectivity index (χ0n) is 13.7. The molecule has 0 saturated heterocycles. The Kier molecular flexibility index (Phi) is 5.44. The van der Waals surface area contributed by atoms with Gasteiger partial charge in [0.2, 0.25) is 5.91 Å². The molecule has 0 unspecified atom stereocenters. The van der Waals surface area contributed by atoms with E-state index in [0.29, 0.717) is 12.2 Å². The minimum Gasteiger partial charge on any atom is -0.354 e. The van der Waals surface area contributed by atoms with Crippen molar-refractivity contribution in [2.45, 2.75) is 11.6 Å². The van der Waals surface area contributed by atoms with Crippen molar-refractivity contribution in [1.82, 2.24) is 20.3 Å². The van der Waals surface area contributed by atoms with E-state index < -0.39 is 0 Å². The molecular weight excluding hydrogens is 361 g/mol. The molecule has 0 saturated carbocycles. The summed E-state index contributed by atoms with van der Waals surface area (Å²) in [7, 11) is 3.84. The first kappa shape index (κ1) is 17.6. The van der Waals surface area contributed by atoms with Crippen LogP contribution < -0.4 is 10.2 Å². The molecule has 0 atom stereocenters. The molecule has 0 radical (unpaired) electrons. The van der Waals surface area contributed by atoms with Crippen molar-refractivity contribution in [1.29, 1.82) is 0 Å². The lowest BCUT2D eigenvalue weighted by molar-refractivity contribution is -0.118. The van der Waals surface area contributed by atoms with E-state index in [1.807, 2.05) is 19.0 Å². The molecule has 0 fully saturated rings. The standard InChI is InChI=1S/C16H16FN5OS2/c1-22(2)16-21-14-13(25-16)15(20-9-19-14)24-8-12(23)18-7-10-3-5-11(17)6-4-10/h3-6,9H,7-8H2,1-2H3,(H,18,23). The van der Waals surface area contributed by atoms with E-state index in [4.69, 9.17) is 0 Å². The predicted octanol–water partition coefficient (Wildman–Crippen LogP) is 2.70. The molecule has 25 heavy (non-hydrogen) atoms. The highest BCUT2D eigenvalue weighted by Gasteiger charge is 2.13. The highest BCUT2D eigenvalue weighted by atomic mass is 32.2. The van der Waals surface area contributed by atoms with Gasteiger partial charge in [0, 0.05) is 20.6 Å². The molecule has 3 aromatic rings. The van der Waals surface area contributed by atoms with E-state index in [9.17, 15) is 9.18 Å². The van der Waals surface area contributed by atoms with Crippen LogP contribution in [0.4, 0.5) is 9.52 Å². The average molecular weight is 377 g/mol. The monoisotopic (exact) mass is 377 g/mol. The molecule has 6 nitrogen and oxygen atoms in total. The Balaban J connectivity index is 1.60. The number of nitrogens with zero attached hydrogens (tertiary/aromatic N) is 4. The summed E-state index contributed by atoms with van der Waals surface area (Å²) in [6, 6.07) is 6.05. The molecular formula is C16H16FN5OS2. The van der Waals surface area contributed by atoms with Crippen LogP contribution in [0.5, 0.6) is 0 Å². The minimum absolute atomic E-state index is 0.113. The molecule has 2 heterocycles. The van der Waals surface area contributed by atoms with Crippen LogP contribution in [0.3, 0.4) is 0 Å². The largest absolute Gasteiger partial charge is 0.354 e. The van der Waals surface area contributed by atoms with Crippen molar-refractivity contribution < 1.29 is 9.18 Å². The zero-order chi connectivity index (χ0) is 17.8. The molecule has 130 valence electrons. The Morgan fingerprint density at radius 3 is 2.76 bits per heavy atom. The van der Waals surface area contributed by atoms with Crippen LogP contribution in [0.15, 0.2) is 35.6 Å². The highest BCUT2D eigenvalue weighted by Crippen LogP contribution is 2.32. The minimum atomic E-state index is -0.292. The molecule has 0 spiro atoms. The molecule has 1 aromatic carbocycles. The van der Waals surface area contributed by atoms with Crippen molar-refractivity contribution in [3.63, 3.8) is 0 Å². The van der Waals surface area contributed by atoms with Crippen molar-refractivity contribution >= 4 is 44.5 Å². The summed E-state index contributed by atoms with van der Waals surface area (Å²) in [5, 5.41) is 4.40. The number of thioether (sulfide) groups is 1. The van der Waals surface area contributed by atoms with Gasteiger partial charge in [-0.3, -0.25) is 4.79 Å². The Morgan fingerprint density at radius 1 is 1.28 bits per heavy atom. The fourth-order valence-corrected chi connectivity index (χ4v) is 3.85. The maximum absolute atomic E-state index is 12.9. The number of rotatable bonds is 6. The molecule has 3 rings (SSSR count). The van der Waals surface area contributed by atoms with E-state index in [1.165, 1.54) is 41.6 Å². The third-order valence-electron chi connectivity index (χ3n) is 3.27. The number of benzene rings is 1. The lowest BCUT2D eigenvalue weighted by Crippen LogP contribution is -2.24. The number of hydrogen-bond donors (Lipinski definition) is 1. The number of anilines is 1. The van der Waals surface area contributed by atoms with Gasteiger partial charge in [0.05, 0.1) is 5.75 Å². The van der Waals surface area contributed by atoms with Gasteiger partial charge in [-0.15, -0.1) is 0 Å². The van der Waals surface area contributed by atoms with Crippen LogP contribution in [0.1, 0.15) is 5.56 Å². The second-order valence-corrected chi connectivity index (χ2v) is 7.36. The van der Waals surface area contributed by atoms with Gasteiger partial charge in [0.1, 0.15) is 21.9 Å². The predicted molar refractivity (Wildman–Crippen MR) is 98.5 cm³/mol. The van der Waals surface area contributed by atoms with Crippen LogP contribution in [-0.4, -0.2) is 40.7 Å². The van der Waals surface area contributed by atoms with Gasteiger partial charge < -0.3 is 10.2 Å². The van der Waals surface area contributed by atoms with Gasteiger partial charge in [0.25, 0.3) is 0 Å². The van der Waals surface area contributed by atoms with E-state index in [2.05, 4.69) is 20.3 Å². The van der Waals surface area contributed by atoms with Gasteiger partial charge in [-0.1, -0.05) is 35.2 Å². The fourth-order valence-electron chi connectivity index (χ4n) is 2.00. The summed E-state index contributed by atoms with van der Waals surface area (Å²) < 4.78 is 13.7. The summed E-state index contributed by atoms with van der Waals surface area (Å²) in [5.74, 6) is -0.166. The maximum Gasteiger partial charge on any atom is 0.230 e. The van der Waals surface area contributed by atoms with Gasteiger partial charge in [0.15, 0.2) is 10.8 Å². The lowest BCUT2D eigenvalue weighted by Gasteiger charge is -2.05. The van der Waals surface area contributed by atoms with Crippen molar-refractivity contribution in [3.05, 3.63) is 42.0 Å². The van der Waals surface area contributed by atoms with E-state index >= 15 is 0 Å². The number of fused-ring (bicyclic) bond motifs is 1. The molecule has 2 aromatic heterocycles. The second-order valence-electron chi connectivity index (χ2n) is 5.41. The second kappa shape index (κ2) is 7.75. The Labute approximate surface area is 152 Å². The van der Waals surface area contributed by atoms with Crippen LogP contribution >= 0.6 is 23.1 Å². The molecule has 0 bridgehead atoms. The number of aromatic nitrogens is 3. The topological polar surface area (TPSA) is 71.0 Å². The zero-order valence-corrected chi connectivity index (χ0v) is 15.3. The molecule has 1 N–H and O–H groups in total. The third kappa shape index (κ3) is 4.43. The first-order valence-electron chi connectivity index (χ1n) is 7.46. The summed E-state index contributed by atoms with van der Waals surface area (Å²) in [6.45, 7) is 0.365. The first-order chi connectivity index (χ1) is 12.0. The van der Waals surface area contributed by atoms with Crippen molar-refractivity contribution in [2.24, 2.45) is 0 Å². The summed E-state index contributed by atoms with van der Waals surface area (Å²) in [4.78, 5) is 26.8. The number of thiazole rings is 1. The molecule has 0 aliphatic carbocycles. The summed E-state index contributed by atoms with van der Waals surface area (Å²) >= 11 is 2.85. The third-order valence-corrected chi connectivity index (χ3v) is 5.61. The number of carbonyl (C=O) groups excluding carboxylic acids is 1. The lowest BCUT2D eigenvalue weighted by atomic mass is 10.2. The number of halogens is 1. The fraction of sp³-hybridized carbons (Fsp3) is 0.250. The molecule has 0 aliphatic heterocycles. The maximum atomic E-state index is 12.9. The number of nitrogens with one attached hydrogen (secondary N) is 1. The normalized spacial score (nSPS) is 10.8. The van der Waals surface area contributed by atoms with Gasteiger partial charge >= 0.3 is 0 Å². The smallest absolute Gasteiger partial charge is 0.230 e. The molecule has 9 heteroatoms. The average Bonchev–Trinajstić information content (AvgIpc) is 3.04. The summed E-state index contributed by atoms with van der Waals surface area (Å²) in [6.07, 6.45) is 1.46. The highest BCUT2D eigenvalue weighted by molar-refractivity contribution is 8.00. The number of carbonyl (C=O) groups is 1. The van der Waals surface area contributed by atoms with Gasteiger partial charge in [-0.2, -0.15) is 4.98 Å². The quantitative estimate of drug-likeness (QED) is 0.526. The molecule has 1 amide bonds. The van der Waals surface area contributed by atoms with Crippen LogP contribution in [0.25, 0.3) is 10.3 Å². The number of amides is 1.